The van der Waals surface area contributed by atoms with E-state index in [9.17, 15) is 0 Å². The zero-order valence-electron chi connectivity index (χ0n) is 6.10. The maximum atomic E-state index is 3.13. The molecule has 1 aliphatic rings. The SMILES string of the molecule is CC1=CN(C)NC(C)=C1. The summed E-state index contributed by atoms with van der Waals surface area (Å²) in [6, 6.07) is 0. The van der Waals surface area contributed by atoms with Crippen LogP contribution in [0.3, 0.4) is 0 Å². The number of nitrogens with zero attached hydrogens (tertiary/aromatic N) is 1. The van der Waals surface area contributed by atoms with Gasteiger partial charge >= 0.3 is 0 Å². The Labute approximate surface area is 55.8 Å². The zero-order chi connectivity index (χ0) is 6.85. The smallest absolute Gasteiger partial charge is 0.0288 e. The summed E-state index contributed by atoms with van der Waals surface area (Å²) in [7, 11) is 1.99. The Balaban J connectivity index is 2.74. The first-order valence-corrected chi connectivity index (χ1v) is 3.05. The fourth-order valence-electron chi connectivity index (χ4n) is 1.03. The number of rotatable bonds is 0. The summed E-state index contributed by atoms with van der Waals surface area (Å²) in [6.45, 7) is 4.13. The average Bonchev–Trinajstić information content (AvgIpc) is 1.59. The highest BCUT2D eigenvalue weighted by atomic mass is 15.5. The minimum absolute atomic E-state index is 1.19. The topological polar surface area (TPSA) is 15.3 Å². The molecule has 50 valence electrons. The molecule has 0 atom stereocenters. The first kappa shape index (κ1) is 6.20. The molecule has 0 saturated heterocycles. The molecule has 0 amide bonds. The van der Waals surface area contributed by atoms with E-state index < -0.39 is 0 Å². The lowest BCUT2D eigenvalue weighted by Gasteiger charge is -2.22. The lowest BCUT2D eigenvalue weighted by molar-refractivity contribution is 0.361. The molecule has 0 aromatic carbocycles. The molecule has 0 saturated carbocycles. The molecule has 2 heteroatoms. The van der Waals surface area contributed by atoms with E-state index in [-0.39, 0.29) is 0 Å². The van der Waals surface area contributed by atoms with Gasteiger partial charge in [-0.05, 0) is 25.5 Å². The van der Waals surface area contributed by atoms with Crippen LogP contribution >= 0.6 is 0 Å². The molecule has 0 bridgehead atoms. The largest absolute Gasteiger partial charge is 0.304 e. The molecule has 9 heavy (non-hydrogen) atoms. The lowest BCUT2D eigenvalue weighted by Crippen LogP contribution is -2.30. The van der Waals surface area contributed by atoms with Crippen molar-refractivity contribution >= 4 is 0 Å². The van der Waals surface area contributed by atoms with Gasteiger partial charge in [0.1, 0.15) is 0 Å². The quantitative estimate of drug-likeness (QED) is 0.522. The van der Waals surface area contributed by atoms with Gasteiger partial charge in [0.15, 0.2) is 0 Å². The van der Waals surface area contributed by atoms with Gasteiger partial charge in [0.05, 0.1) is 0 Å². The van der Waals surface area contributed by atoms with Crippen molar-refractivity contribution in [2.24, 2.45) is 0 Å². The van der Waals surface area contributed by atoms with Gasteiger partial charge in [-0.15, -0.1) is 0 Å². The molecule has 0 fully saturated rings. The van der Waals surface area contributed by atoms with E-state index in [1.165, 1.54) is 11.3 Å². The summed E-state index contributed by atoms with van der Waals surface area (Å²) in [4.78, 5) is 0. The summed E-state index contributed by atoms with van der Waals surface area (Å²) in [5.41, 5.74) is 5.61. The molecule has 1 heterocycles. The monoisotopic (exact) mass is 124 g/mol. The molecule has 1 rings (SSSR count). The van der Waals surface area contributed by atoms with Crippen molar-refractivity contribution in [2.75, 3.05) is 7.05 Å². The predicted octanol–water partition coefficient (Wildman–Crippen LogP) is 1.24. The molecule has 0 radical (unpaired) electrons. The predicted molar refractivity (Wildman–Crippen MR) is 38.4 cm³/mol. The number of hydrogen-bond acceptors (Lipinski definition) is 2. The highest BCUT2D eigenvalue weighted by Crippen LogP contribution is 2.05. The van der Waals surface area contributed by atoms with E-state index in [0.717, 1.165) is 0 Å². The third kappa shape index (κ3) is 1.49. The first-order chi connectivity index (χ1) is 4.18. The molecule has 0 aromatic rings. The van der Waals surface area contributed by atoms with Crippen molar-refractivity contribution in [3.8, 4) is 0 Å². The lowest BCUT2D eigenvalue weighted by atomic mass is 10.2. The molecule has 1 N–H and O–H groups in total. The van der Waals surface area contributed by atoms with Gasteiger partial charge in [0, 0.05) is 18.9 Å². The van der Waals surface area contributed by atoms with Crippen LogP contribution in [0.5, 0.6) is 0 Å². The Hall–Kier alpha value is -0.920. The van der Waals surface area contributed by atoms with Crippen LogP contribution in [-0.4, -0.2) is 12.1 Å². The van der Waals surface area contributed by atoms with E-state index in [1.807, 2.05) is 25.2 Å². The van der Waals surface area contributed by atoms with E-state index in [0.29, 0.717) is 0 Å². The Morgan fingerprint density at radius 2 is 2.11 bits per heavy atom. The van der Waals surface area contributed by atoms with Crippen LogP contribution in [0.1, 0.15) is 13.8 Å². The van der Waals surface area contributed by atoms with E-state index in [2.05, 4.69) is 18.4 Å². The third-order valence-corrected chi connectivity index (χ3v) is 1.19. The fraction of sp³-hybridized carbons (Fsp3) is 0.429. The first-order valence-electron chi connectivity index (χ1n) is 3.05. The van der Waals surface area contributed by atoms with E-state index >= 15 is 0 Å². The van der Waals surface area contributed by atoms with Gasteiger partial charge in [-0.2, -0.15) is 0 Å². The Morgan fingerprint density at radius 3 is 2.56 bits per heavy atom. The van der Waals surface area contributed by atoms with Gasteiger partial charge in [-0.25, -0.2) is 0 Å². The van der Waals surface area contributed by atoms with Crippen LogP contribution in [0.25, 0.3) is 0 Å². The van der Waals surface area contributed by atoms with Gasteiger partial charge in [-0.3, -0.25) is 5.01 Å². The van der Waals surface area contributed by atoms with E-state index in [1.54, 1.807) is 0 Å². The van der Waals surface area contributed by atoms with Crippen molar-refractivity contribution in [2.45, 2.75) is 13.8 Å². The number of hydrazine groups is 1. The molecular weight excluding hydrogens is 112 g/mol. The van der Waals surface area contributed by atoms with Crippen LogP contribution in [0.2, 0.25) is 0 Å². The van der Waals surface area contributed by atoms with Crippen LogP contribution < -0.4 is 5.43 Å². The highest BCUT2D eigenvalue weighted by molar-refractivity contribution is 5.21. The second kappa shape index (κ2) is 2.13. The van der Waals surface area contributed by atoms with Crippen LogP contribution in [-0.2, 0) is 0 Å². The molecule has 2 nitrogen and oxygen atoms in total. The van der Waals surface area contributed by atoms with Crippen LogP contribution in [0, 0.1) is 0 Å². The van der Waals surface area contributed by atoms with Crippen LogP contribution in [0.4, 0.5) is 0 Å². The standard InChI is InChI=1S/C7H12N2/c1-6-4-7(2)8-9(3)5-6/h4-5,8H,1-3H3. The minimum atomic E-state index is 1.19. The molecule has 1 aliphatic heterocycles. The highest BCUT2D eigenvalue weighted by Gasteiger charge is 1.98. The maximum Gasteiger partial charge on any atom is 0.0288 e. The van der Waals surface area contributed by atoms with Crippen molar-refractivity contribution in [3.63, 3.8) is 0 Å². The molecule has 0 aliphatic carbocycles. The van der Waals surface area contributed by atoms with Crippen LogP contribution in [0.15, 0.2) is 23.5 Å². The molecule has 0 aromatic heterocycles. The van der Waals surface area contributed by atoms with Gasteiger partial charge in [-0.1, -0.05) is 0 Å². The summed E-state index contributed by atoms with van der Waals surface area (Å²) < 4.78 is 0. The normalized spacial score (nSPS) is 18.3. The molecule has 0 unspecified atom stereocenters. The minimum Gasteiger partial charge on any atom is -0.304 e. The second-order valence-electron chi connectivity index (χ2n) is 2.42. The average molecular weight is 124 g/mol. The van der Waals surface area contributed by atoms with Crippen molar-refractivity contribution in [1.82, 2.24) is 10.4 Å². The summed E-state index contributed by atoms with van der Waals surface area (Å²) >= 11 is 0. The number of nitrogens with one attached hydrogen (secondary N) is 1. The zero-order valence-corrected chi connectivity index (χ0v) is 6.10. The van der Waals surface area contributed by atoms with Crippen molar-refractivity contribution < 1.29 is 0 Å². The molecular formula is C7H12N2. The number of hydrogen-bond donors (Lipinski definition) is 1. The Bertz CT molecular complexity index is 168. The molecule has 0 spiro atoms. The van der Waals surface area contributed by atoms with Gasteiger partial charge in [0.2, 0.25) is 0 Å². The van der Waals surface area contributed by atoms with Gasteiger partial charge in [0.25, 0.3) is 0 Å². The summed E-state index contributed by atoms with van der Waals surface area (Å²) in [6.07, 6.45) is 4.16. The summed E-state index contributed by atoms with van der Waals surface area (Å²) in [5.74, 6) is 0. The van der Waals surface area contributed by atoms with Crippen molar-refractivity contribution in [1.29, 1.82) is 0 Å². The third-order valence-electron chi connectivity index (χ3n) is 1.19. The number of allylic oxidation sites excluding steroid dienone is 3. The van der Waals surface area contributed by atoms with E-state index in [4.69, 9.17) is 0 Å². The van der Waals surface area contributed by atoms with Gasteiger partial charge < -0.3 is 5.43 Å². The maximum absolute atomic E-state index is 3.13. The second-order valence-corrected chi connectivity index (χ2v) is 2.42. The Kier molecular flexibility index (Phi) is 1.47. The Morgan fingerprint density at radius 1 is 1.44 bits per heavy atom. The van der Waals surface area contributed by atoms with Crippen molar-refractivity contribution in [3.05, 3.63) is 23.5 Å². The summed E-state index contributed by atoms with van der Waals surface area (Å²) in [5, 5.41) is 1.95. The fourth-order valence-corrected chi connectivity index (χ4v) is 1.03.